The molecule has 1 N–H and O–H groups in total. The highest BCUT2D eigenvalue weighted by Gasteiger charge is 1.90. The van der Waals surface area contributed by atoms with Gasteiger partial charge in [-0.2, -0.15) is 0 Å². The average molecular weight is 136 g/mol. The second-order valence-corrected chi connectivity index (χ2v) is 2.14. The van der Waals surface area contributed by atoms with E-state index in [1.54, 1.807) is 19.1 Å². The Bertz CT molecular complexity index is 291. The molecule has 0 amide bonds. The van der Waals surface area contributed by atoms with Crippen molar-refractivity contribution in [3.8, 4) is 5.75 Å². The van der Waals surface area contributed by atoms with Crippen LogP contribution in [0, 0.1) is 6.92 Å². The van der Waals surface area contributed by atoms with E-state index in [9.17, 15) is 4.79 Å². The smallest absolute Gasteiger partial charge is 0.182 e. The molecule has 2 heteroatoms. The maximum atomic E-state index is 10.7. The minimum Gasteiger partial charge on any atom is -0.508 e. The van der Waals surface area contributed by atoms with Gasteiger partial charge >= 0.3 is 0 Å². The Morgan fingerprint density at radius 1 is 1.40 bits per heavy atom. The predicted molar refractivity (Wildman–Crippen MR) is 39.1 cm³/mol. The van der Waals surface area contributed by atoms with Gasteiger partial charge < -0.3 is 5.11 Å². The molecule has 0 fully saturated rings. The summed E-state index contributed by atoms with van der Waals surface area (Å²) in [6.07, 6.45) is 0. The Balaban J connectivity index is 3.45. The summed E-state index contributed by atoms with van der Waals surface area (Å²) < 4.78 is 0. The Kier molecular flexibility index (Phi) is 1.71. The van der Waals surface area contributed by atoms with E-state index in [0.29, 0.717) is 5.56 Å². The summed E-state index contributed by atoms with van der Waals surface area (Å²) in [4.78, 5) is 10.7. The third-order valence-corrected chi connectivity index (χ3v) is 1.29. The van der Waals surface area contributed by atoms with E-state index in [1.165, 1.54) is 12.1 Å². The Hall–Kier alpha value is -1.31. The standard InChI is InChI=1S/C8H8O2/c1-6-3-2-4-7(9)5-8(6)10/h2-5,10H,1H3. The van der Waals surface area contributed by atoms with Crippen molar-refractivity contribution in [2.45, 2.75) is 6.92 Å². The third kappa shape index (κ3) is 1.35. The van der Waals surface area contributed by atoms with Crippen LogP contribution in [0.1, 0.15) is 5.56 Å². The highest BCUT2D eigenvalue weighted by molar-refractivity contribution is 5.28. The van der Waals surface area contributed by atoms with Crippen LogP contribution in [0.5, 0.6) is 5.75 Å². The Morgan fingerprint density at radius 3 is 2.80 bits per heavy atom. The summed E-state index contributed by atoms with van der Waals surface area (Å²) in [5.41, 5.74) is 0.535. The fourth-order valence-electron chi connectivity index (χ4n) is 0.669. The lowest BCUT2D eigenvalue weighted by molar-refractivity contribution is 0.471. The molecule has 52 valence electrons. The molecule has 0 bridgehead atoms. The molecule has 0 aromatic heterocycles. The van der Waals surface area contributed by atoms with Crippen molar-refractivity contribution < 1.29 is 5.11 Å². The van der Waals surface area contributed by atoms with Crippen molar-refractivity contribution in [2.75, 3.05) is 0 Å². The lowest BCUT2D eigenvalue weighted by Gasteiger charge is -1.86. The first-order chi connectivity index (χ1) is 4.70. The predicted octanol–water partition coefficient (Wildman–Crippen LogP) is 1.06. The minimum atomic E-state index is -0.175. The fourth-order valence-corrected chi connectivity index (χ4v) is 0.669. The minimum absolute atomic E-state index is 0.0509. The van der Waals surface area contributed by atoms with Gasteiger partial charge in [-0.25, -0.2) is 0 Å². The van der Waals surface area contributed by atoms with E-state index in [4.69, 9.17) is 5.11 Å². The summed E-state index contributed by atoms with van der Waals surface area (Å²) in [6.45, 7) is 1.74. The lowest BCUT2D eigenvalue weighted by Crippen LogP contribution is -1.88. The van der Waals surface area contributed by atoms with Crippen molar-refractivity contribution >= 4 is 0 Å². The summed E-state index contributed by atoms with van der Waals surface area (Å²) in [6, 6.07) is 5.93. The van der Waals surface area contributed by atoms with E-state index in [-0.39, 0.29) is 11.2 Å². The normalized spacial score (nSPS) is 9.30. The highest BCUT2D eigenvalue weighted by atomic mass is 16.3. The maximum Gasteiger partial charge on any atom is 0.182 e. The summed E-state index contributed by atoms with van der Waals surface area (Å²) in [7, 11) is 0. The number of rotatable bonds is 0. The molecule has 0 spiro atoms. The highest BCUT2D eigenvalue weighted by Crippen LogP contribution is 2.08. The Labute approximate surface area is 58.8 Å². The van der Waals surface area contributed by atoms with Gasteiger partial charge in [0.15, 0.2) is 5.43 Å². The third-order valence-electron chi connectivity index (χ3n) is 1.29. The van der Waals surface area contributed by atoms with Crippen LogP contribution in [-0.4, -0.2) is 5.11 Å². The van der Waals surface area contributed by atoms with Gasteiger partial charge in [0.2, 0.25) is 0 Å². The zero-order chi connectivity index (χ0) is 7.56. The second kappa shape index (κ2) is 2.52. The number of hydrogen-bond acceptors (Lipinski definition) is 2. The van der Waals surface area contributed by atoms with Gasteiger partial charge in [-0.15, -0.1) is 0 Å². The SMILES string of the molecule is Cc1cccc(=O)cc1O. The molecule has 0 atom stereocenters. The molecule has 2 nitrogen and oxygen atoms in total. The fraction of sp³-hybridized carbons (Fsp3) is 0.125. The average Bonchev–Trinajstić information content (AvgIpc) is 1.96. The zero-order valence-electron chi connectivity index (χ0n) is 5.66. The molecule has 1 rings (SSSR count). The first-order valence-corrected chi connectivity index (χ1v) is 3.00. The lowest BCUT2D eigenvalue weighted by atomic mass is 10.3. The van der Waals surface area contributed by atoms with E-state index in [1.807, 2.05) is 0 Å². The monoisotopic (exact) mass is 136 g/mol. The van der Waals surface area contributed by atoms with Crippen LogP contribution >= 0.6 is 0 Å². The number of aromatic hydroxyl groups is 1. The van der Waals surface area contributed by atoms with Crippen LogP contribution in [0.3, 0.4) is 0 Å². The van der Waals surface area contributed by atoms with E-state index in [2.05, 4.69) is 0 Å². The zero-order valence-corrected chi connectivity index (χ0v) is 5.66. The van der Waals surface area contributed by atoms with E-state index >= 15 is 0 Å². The molecule has 0 aliphatic rings. The van der Waals surface area contributed by atoms with Crippen LogP contribution in [0.25, 0.3) is 0 Å². The molecule has 0 unspecified atom stereocenters. The van der Waals surface area contributed by atoms with Crippen LogP contribution in [0.2, 0.25) is 0 Å². The van der Waals surface area contributed by atoms with Crippen LogP contribution in [-0.2, 0) is 0 Å². The van der Waals surface area contributed by atoms with Crippen LogP contribution < -0.4 is 5.43 Å². The van der Waals surface area contributed by atoms with Gasteiger partial charge in [-0.1, -0.05) is 12.1 Å². The van der Waals surface area contributed by atoms with Crippen LogP contribution in [0.4, 0.5) is 0 Å². The van der Waals surface area contributed by atoms with Crippen molar-refractivity contribution in [1.29, 1.82) is 0 Å². The van der Waals surface area contributed by atoms with Crippen molar-refractivity contribution in [3.05, 3.63) is 40.1 Å². The summed E-state index contributed by atoms with van der Waals surface area (Å²) in [5, 5.41) is 9.06. The molecule has 0 heterocycles. The van der Waals surface area contributed by atoms with Gasteiger partial charge in [-0.05, 0) is 18.6 Å². The van der Waals surface area contributed by atoms with Gasteiger partial charge in [0.1, 0.15) is 5.75 Å². The van der Waals surface area contributed by atoms with Crippen LogP contribution in [0.15, 0.2) is 29.1 Å². The Morgan fingerprint density at radius 2 is 2.10 bits per heavy atom. The molecule has 1 aromatic rings. The van der Waals surface area contributed by atoms with Gasteiger partial charge in [0, 0.05) is 6.07 Å². The second-order valence-electron chi connectivity index (χ2n) is 2.14. The largest absolute Gasteiger partial charge is 0.508 e. The topological polar surface area (TPSA) is 37.3 Å². The molecule has 1 aromatic carbocycles. The summed E-state index contributed by atoms with van der Waals surface area (Å²) >= 11 is 0. The maximum absolute atomic E-state index is 10.7. The first kappa shape index (κ1) is 6.81. The van der Waals surface area contributed by atoms with Crippen molar-refractivity contribution in [2.24, 2.45) is 0 Å². The molecular weight excluding hydrogens is 128 g/mol. The van der Waals surface area contributed by atoms with Gasteiger partial charge in [0.05, 0.1) is 0 Å². The number of hydrogen-bond donors (Lipinski definition) is 1. The molecule has 10 heavy (non-hydrogen) atoms. The molecule has 0 aliphatic carbocycles. The quantitative estimate of drug-likeness (QED) is 0.579. The van der Waals surface area contributed by atoms with Gasteiger partial charge in [-0.3, -0.25) is 4.79 Å². The molecular formula is C8H8O2. The summed E-state index contributed by atoms with van der Waals surface area (Å²) in [5.74, 6) is 0.0509. The van der Waals surface area contributed by atoms with Crippen molar-refractivity contribution in [3.63, 3.8) is 0 Å². The number of aryl methyl sites for hydroxylation is 1. The van der Waals surface area contributed by atoms with E-state index < -0.39 is 0 Å². The van der Waals surface area contributed by atoms with E-state index in [0.717, 1.165) is 0 Å². The molecule has 0 saturated carbocycles. The molecule has 0 radical (unpaired) electrons. The first-order valence-electron chi connectivity index (χ1n) is 3.00. The molecule has 0 saturated heterocycles. The van der Waals surface area contributed by atoms with Crippen molar-refractivity contribution in [1.82, 2.24) is 0 Å². The molecule has 0 aliphatic heterocycles. The van der Waals surface area contributed by atoms with Gasteiger partial charge in [0.25, 0.3) is 0 Å².